The molecule has 130 valence electrons. The number of amides is 2. The number of methoxy groups -OCH3 is 1. The third-order valence-electron chi connectivity index (χ3n) is 4.07. The number of ether oxygens (including phenoxy) is 1. The first-order valence-corrected chi connectivity index (χ1v) is 8.53. The molecule has 0 atom stereocenters. The van der Waals surface area contributed by atoms with Crippen LogP contribution in [0, 0.1) is 0 Å². The largest absolute Gasteiger partial charge is 0.497 e. The number of anilines is 1. The van der Waals surface area contributed by atoms with Gasteiger partial charge >= 0.3 is 0 Å². The maximum absolute atomic E-state index is 12.3. The predicted octanol–water partition coefficient (Wildman–Crippen LogP) is 2.74. The number of aromatic amines is 1. The molecule has 0 bridgehead atoms. The van der Waals surface area contributed by atoms with E-state index in [1.54, 1.807) is 25.4 Å². The third kappa shape index (κ3) is 2.66. The lowest BCUT2D eigenvalue weighted by Gasteiger charge is -2.02. The second-order valence-electron chi connectivity index (χ2n) is 5.65. The van der Waals surface area contributed by atoms with Gasteiger partial charge < -0.3 is 15.8 Å². The first-order valence-electron chi connectivity index (χ1n) is 7.72. The fourth-order valence-corrected chi connectivity index (χ4v) is 3.71. The standard InChI is InChI=1S/C18H14N4O3S/c1-25-11-4-2-9(3-5-11)15-10(8-20-22-15)6-12-13-7-14(16(19)23)26-18(13)21-17(12)24/h2-8H,1H3,(H2,19,23)(H,20,22)(H,21,24). The number of rotatable bonds is 4. The van der Waals surface area contributed by atoms with Crippen LogP contribution >= 0.6 is 11.3 Å². The van der Waals surface area contributed by atoms with Crippen molar-refractivity contribution in [1.29, 1.82) is 0 Å². The summed E-state index contributed by atoms with van der Waals surface area (Å²) in [5.41, 5.74) is 8.85. The lowest BCUT2D eigenvalue weighted by molar-refractivity contribution is -0.110. The van der Waals surface area contributed by atoms with E-state index >= 15 is 0 Å². The molecule has 0 radical (unpaired) electrons. The van der Waals surface area contributed by atoms with E-state index in [1.165, 1.54) is 11.3 Å². The number of fused-ring (bicyclic) bond motifs is 1. The molecule has 0 saturated carbocycles. The van der Waals surface area contributed by atoms with E-state index in [1.807, 2.05) is 24.3 Å². The lowest BCUT2D eigenvalue weighted by atomic mass is 10.0. The van der Waals surface area contributed by atoms with Gasteiger partial charge in [-0.2, -0.15) is 5.10 Å². The Morgan fingerprint density at radius 3 is 2.77 bits per heavy atom. The number of carbonyl (C=O) groups excluding carboxylic acids is 2. The van der Waals surface area contributed by atoms with Crippen molar-refractivity contribution in [3.05, 3.63) is 52.5 Å². The van der Waals surface area contributed by atoms with Crippen LogP contribution < -0.4 is 15.8 Å². The number of hydrogen-bond donors (Lipinski definition) is 3. The van der Waals surface area contributed by atoms with Crippen molar-refractivity contribution in [2.75, 3.05) is 12.4 Å². The fourth-order valence-electron chi connectivity index (χ4n) is 2.79. The van der Waals surface area contributed by atoms with Gasteiger partial charge in [0.2, 0.25) is 0 Å². The van der Waals surface area contributed by atoms with E-state index in [0.29, 0.717) is 26.7 Å². The molecule has 26 heavy (non-hydrogen) atoms. The van der Waals surface area contributed by atoms with Crippen molar-refractivity contribution in [3.8, 4) is 17.0 Å². The maximum atomic E-state index is 12.3. The Balaban J connectivity index is 1.75. The Hall–Kier alpha value is -3.39. The first-order chi connectivity index (χ1) is 12.6. The third-order valence-corrected chi connectivity index (χ3v) is 5.13. The number of nitrogens with zero attached hydrogens (tertiary/aromatic N) is 1. The van der Waals surface area contributed by atoms with Crippen LogP contribution in [-0.2, 0) is 4.79 Å². The van der Waals surface area contributed by atoms with Crippen molar-refractivity contribution in [1.82, 2.24) is 10.2 Å². The average molecular weight is 366 g/mol. The van der Waals surface area contributed by atoms with Crippen molar-refractivity contribution < 1.29 is 14.3 Å². The highest BCUT2D eigenvalue weighted by atomic mass is 32.1. The zero-order chi connectivity index (χ0) is 18.3. The molecule has 0 spiro atoms. The molecule has 0 unspecified atom stereocenters. The van der Waals surface area contributed by atoms with E-state index in [0.717, 1.165) is 16.9 Å². The van der Waals surface area contributed by atoms with Crippen LogP contribution in [0.15, 0.2) is 36.5 Å². The van der Waals surface area contributed by atoms with Gasteiger partial charge in [-0.25, -0.2) is 0 Å². The number of thiophene rings is 1. The summed E-state index contributed by atoms with van der Waals surface area (Å²) in [4.78, 5) is 24.1. The second-order valence-corrected chi connectivity index (χ2v) is 6.70. The summed E-state index contributed by atoms with van der Waals surface area (Å²) in [6, 6.07) is 9.12. The lowest BCUT2D eigenvalue weighted by Crippen LogP contribution is -2.09. The van der Waals surface area contributed by atoms with Crippen molar-refractivity contribution in [3.63, 3.8) is 0 Å². The molecule has 4 N–H and O–H groups in total. The number of H-pyrrole nitrogens is 1. The Kier molecular flexibility index (Phi) is 3.81. The molecule has 1 aromatic carbocycles. The minimum Gasteiger partial charge on any atom is -0.497 e. The summed E-state index contributed by atoms with van der Waals surface area (Å²) in [7, 11) is 1.61. The van der Waals surface area contributed by atoms with Gasteiger partial charge in [0.1, 0.15) is 10.8 Å². The van der Waals surface area contributed by atoms with Gasteiger partial charge in [-0.15, -0.1) is 11.3 Å². The molecule has 8 heteroatoms. The average Bonchev–Trinajstić information content (AvgIpc) is 3.32. The number of nitrogens with two attached hydrogens (primary N) is 1. The molecule has 1 aliphatic heterocycles. The molecule has 2 aromatic heterocycles. The van der Waals surface area contributed by atoms with Crippen molar-refractivity contribution in [2.24, 2.45) is 5.73 Å². The Morgan fingerprint density at radius 2 is 2.08 bits per heavy atom. The minimum atomic E-state index is -0.514. The van der Waals surface area contributed by atoms with Crippen LogP contribution in [-0.4, -0.2) is 29.1 Å². The van der Waals surface area contributed by atoms with Gasteiger partial charge in [-0.1, -0.05) is 0 Å². The molecule has 4 rings (SSSR count). The molecule has 3 heterocycles. The molecule has 0 saturated heterocycles. The number of aromatic nitrogens is 2. The second kappa shape index (κ2) is 6.16. The number of nitrogens with one attached hydrogen (secondary N) is 2. The number of hydrogen-bond acceptors (Lipinski definition) is 5. The number of carbonyl (C=O) groups is 2. The van der Waals surface area contributed by atoms with Crippen LogP contribution in [0.4, 0.5) is 5.00 Å². The van der Waals surface area contributed by atoms with Gasteiger partial charge in [-0.3, -0.25) is 14.7 Å². The Morgan fingerprint density at radius 1 is 1.31 bits per heavy atom. The van der Waals surface area contributed by atoms with Crippen LogP contribution in [0.25, 0.3) is 22.9 Å². The van der Waals surface area contributed by atoms with E-state index in [-0.39, 0.29) is 5.91 Å². The molecule has 0 aliphatic carbocycles. The van der Waals surface area contributed by atoms with E-state index in [2.05, 4.69) is 15.5 Å². The molecular formula is C18H14N4O3S. The summed E-state index contributed by atoms with van der Waals surface area (Å²) in [6.07, 6.45) is 3.47. The summed E-state index contributed by atoms with van der Waals surface area (Å²) < 4.78 is 5.17. The molecule has 3 aromatic rings. The zero-order valence-electron chi connectivity index (χ0n) is 13.7. The molecule has 0 fully saturated rings. The molecule has 2 amide bonds. The van der Waals surface area contributed by atoms with Gasteiger partial charge in [0.05, 0.1) is 23.3 Å². The SMILES string of the molecule is COc1ccc(-c2n[nH]cc2C=C2C(=O)Nc3sc(C(N)=O)cc32)cc1. The Bertz CT molecular complexity index is 1050. The van der Waals surface area contributed by atoms with Crippen LogP contribution in [0.1, 0.15) is 20.8 Å². The molecule has 7 nitrogen and oxygen atoms in total. The summed E-state index contributed by atoms with van der Waals surface area (Å²) in [5.74, 6) is 0.0191. The van der Waals surface area contributed by atoms with Crippen LogP contribution in [0.3, 0.4) is 0 Å². The smallest absolute Gasteiger partial charge is 0.258 e. The topological polar surface area (TPSA) is 110 Å². The summed E-state index contributed by atoms with van der Waals surface area (Å²) in [6.45, 7) is 0. The predicted molar refractivity (Wildman–Crippen MR) is 99.9 cm³/mol. The number of primary amides is 1. The molecular weight excluding hydrogens is 352 g/mol. The Labute approximate surface area is 152 Å². The van der Waals surface area contributed by atoms with Gasteiger partial charge in [-0.05, 0) is 36.4 Å². The summed E-state index contributed by atoms with van der Waals surface area (Å²) in [5, 5.41) is 10.5. The van der Waals surface area contributed by atoms with Gasteiger partial charge in [0.15, 0.2) is 0 Å². The minimum absolute atomic E-state index is 0.218. The highest BCUT2D eigenvalue weighted by Crippen LogP contribution is 2.40. The highest BCUT2D eigenvalue weighted by molar-refractivity contribution is 7.18. The monoisotopic (exact) mass is 366 g/mol. The zero-order valence-corrected chi connectivity index (χ0v) is 14.5. The van der Waals surface area contributed by atoms with E-state index in [4.69, 9.17) is 10.5 Å². The maximum Gasteiger partial charge on any atom is 0.258 e. The molecule has 1 aliphatic rings. The van der Waals surface area contributed by atoms with Crippen molar-refractivity contribution >= 4 is 39.8 Å². The van der Waals surface area contributed by atoms with E-state index < -0.39 is 5.91 Å². The quantitative estimate of drug-likeness (QED) is 0.617. The summed E-state index contributed by atoms with van der Waals surface area (Å²) >= 11 is 1.17. The van der Waals surface area contributed by atoms with Crippen LogP contribution in [0.5, 0.6) is 5.75 Å². The fraction of sp³-hybridized carbons (Fsp3) is 0.0556. The van der Waals surface area contributed by atoms with Crippen molar-refractivity contribution in [2.45, 2.75) is 0 Å². The van der Waals surface area contributed by atoms with Crippen LogP contribution in [0.2, 0.25) is 0 Å². The first kappa shape index (κ1) is 16.1. The normalized spacial score (nSPS) is 14.3. The number of benzene rings is 1. The van der Waals surface area contributed by atoms with Gasteiger partial charge in [0, 0.05) is 22.9 Å². The van der Waals surface area contributed by atoms with Gasteiger partial charge in [0.25, 0.3) is 11.8 Å². The van der Waals surface area contributed by atoms with E-state index in [9.17, 15) is 9.59 Å². The highest BCUT2D eigenvalue weighted by Gasteiger charge is 2.28.